The molecule has 0 aromatic carbocycles. The molecule has 2 rings (SSSR count). The zero-order valence-electron chi connectivity index (χ0n) is 13.1. The van der Waals surface area contributed by atoms with Crippen LogP contribution in [0.15, 0.2) is 35.1 Å². The van der Waals surface area contributed by atoms with Crippen LogP contribution in [0.1, 0.15) is 46.0 Å². The van der Waals surface area contributed by atoms with E-state index in [9.17, 15) is 14.7 Å². The largest absolute Gasteiger partial charge is 0.481 e. The monoisotopic (exact) mass is 305 g/mol. The highest BCUT2D eigenvalue weighted by atomic mass is 16.4. The van der Waals surface area contributed by atoms with Gasteiger partial charge in [0, 0.05) is 11.7 Å². The summed E-state index contributed by atoms with van der Waals surface area (Å²) >= 11 is 0. The Balaban J connectivity index is 2.24. The summed E-state index contributed by atoms with van der Waals surface area (Å²) in [5.74, 6) is -2.23. The van der Waals surface area contributed by atoms with Crippen molar-refractivity contribution < 1.29 is 19.8 Å². The average Bonchev–Trinajstić information content (AvgIpc) is 2.80. The summed E-state index contributed by atoms with van der Waals surface area (Å²) in [4.78, 5) is 22.8. The fourth-order valence-corrected chi connectivity index (χ4v) is 3.11. The molecule has 120 valence electrons. The van der Waals surface area contributed by atoms with Gasteiger partial charge in [0.15, 0.2) is 0 Å². The molecule has 3 N–H and O–H groups in total. The quantitative estimate of drug-likeness (QED) is 0.630. The van der Waals surface area contributed by atoms with Crippen molar-refractivity contribution in [3.8, 4) is 0 Å². The van der Waals surface area contributed by atoms with Crippen molar-refractivity contribution in [2.24, 2.45) is 5.41 Å². The molecule has 5 heteroatoms. The maximum Gasteiger partial charge on any atom is 0.318 e. The molecule has 2 atom stereocenters. The maximum absolute atomic E-state index is 11.7. The van der Waals surface area contributed by atoms with Crippen LogP contribution < -0.4 is 5.32 Å². The Morgan fingerprint density at radius 3 is 2.64 bits per heavy atom. The lowest BCUT2D eigenvalue weighted by atomic mass is 9.73. The van der Waals surface area contributed by atoms with E-state index in [2.05, 4.69) is 18.3 Å². The van der Waals surface area contributed by atoms with E-state index >= 15 is 0 Å². The summed E-state index contributed by atoms with van der Waals surface area (Å²) in [6.07, 6.45) is 9.50. The Morgan fingerprint density at radius 1 is 1.32 bits per heavy atom. The van der Waals surface area contributed by atoms with Gasteiger partial charge in [-0.1, -0.05) is 43.9 Å². The highest BCUT2D eigenvalue weighted by molar-refractivity contribution is 5.88. The second-order valence-corrected chi connectivity index (χ2v) is 6.10. The predicted octanol–water partition coefficient (Wildman–Crippen LogP) is 2.85. The van der Waals surface area contributed by atoms with Gasteiger partial charge in [0.25, 0.3) is 0 Å². The van der Waals surface area contributed by atoms with Crippen LogP contribution >= 0.6 is 0 Å². The normalized spacial score (nSPS) is 26.5. The molecular weight excluding hydrogens is 282 g/mol. The third-order valence-electron chi connectivity index (χ3n) is 4.43. The second kappa shape index (κ2) is 6.38. The van der Waals surface area contributed by atoms with E-state index in [-0.39, 0.29) is 6.04 Å². The summed E-state index contributed by atoms with van der Waals surface area (Å²) in [5, 5.41) is 22.0. The van der Waals surface area contributed by atoms with E-state index in [4.69, 9.17) is 5.11 Å². The third kappa shape index (κ3) is 3.08. The van der Waals surface area contributed by atoms with Crippen molar-refractivity contribution in [2.45, 2.75) is 52.0 Å². The highest BCUT2D eigenvalue weighted by Crippen LogP contribution is 2.41. The summed E-state index contributed by atoms with van der Waals surface area (Å²) in [6, 6.07) is 0.200. The zero-order chi connectivity index (χ0) is 16.3. The second-order valence-electron chi connectivity index (χ2n) is 6.10. The Labute approximate surface area is 130 Å². The first-order valence-electron chi connectivity index (χ1n) is 7.74. The smallest absolute Gasteiger partial charge is 0.318 e. The zero-order valence-corrected chi connectivity index (χ0v) is 13.1. The van der Waals surface area contributed by atoms with Gasteiger partial charge in [0.05, 0.1) is 6.42 Å². The minimum Gasteiger partial charge on any atom is -0.481 e. The molecule has 0 bridgehead atoms. The minimum absolute atomic E-state index is 0.200. The molecular formula is C17H23NO4. The van der Waals surface area contributed by atoms with Gasteiger partial charge in [0.1, 0.15) is 5.41 Å². The lowest BCUT2D eigenvalue weighted by Gasteiger charge is -2.30. The number of nitrogens with one attached hydrogen (secondary N) is 1. The van der Waals surface area contributed by atoms with Crippen LogP contribution in [0.5, 0.6) is 0 Å². The van der Waals surface area contributed by atoms with Crippen LogP contribution in [0.2, 0.25) is 0 Å². The highest BCUT2D eigenvalue weighted by Gasteiger charge is 2.44. The van der Waals surface area contributed by atoms with Gasteiger partial charge in [-0.15, -0.1) is 0 Å². The Kier molecular flexibility index (Phi) is 4.74. The molecule has 5 nitrogen and oxygen atoms in total. The average molecular weight is 305 g/mol. The standard InChI is InChI=1S/C17H23NO4/c1-3-4-5-6-13-8-12-7-11(2)17(16(21)22,10-15(19)20)9-14(12)18-13/h7-9,13,18H,3-6,10H2,1-2H3,(H,19,20)(H,21,22). The summed E-state index contributed by atoms with van der Waals surface area (Å²) in [7, 11) is 0. The Bertz CT molecular complexity index is 573. The molecule has 0 spiro atoms. The molecule has 22 heavy (non-hydrogen) atoms. The predicted molar refractivity (Wildman–Crippen MR) is 83.3 cm³/mol. The summed E-state index contributed by atoms with van der Waals surface area (Å²) < 4.78 is 0. The van der Waals surface area contributed by atoms with Crippen molar-refractivity contribution >= 4 is 11.9 Å². The lowest BCUT2D eigenvalue weighted by molar-refractivity contribution is -0.150. The number of aliphatic carboxylic acids is 2. The first-order valence-corrected chi connectivity index (χ1v) is 7.74. The number of hydrogen-bond donors (Lipinski definition) is 3. The van der Waals surface area contributed by atoms with Crippen molar-refractivity contribution in [3.63, 3.8) is 0 Å². The van der Waals surface area contributed by atoms with Crippen LogP contribution in [-0.2, 0) is 9.59 Å². The van der Waals surface area contributed by atoms with Crippen molar-refractivity contribution in [3.05, 3.63) is 35.1 Å². The van der Waals surface area contributed by atoms with E-state index in [1.54, 1.807) is 19.1 Å². The summed E-state index contributed by atoms with van der Waals surface area (Å²) in [6.45, 7) is 3.84. The van der Waals surface area contributed by atoms with Crippen LogP contribution in [0, 0.1) is 5.41 Å². The number of allylic oxidation sites excluding steroid dienone is 1. The number of unbranched alkanes of at least 4 members (excludes halogenated alkanes) is 2. The third-order valence-corrected chi connectivity index (χ3v) is 4.43. The fourth-order valence-electron chi connectivity index (χ4n) is 3.11. The van der Waals surface area contributed by atoms with E-state index in [0.29, 0.717) is 5.57 Å². The molecule has 1 heterocycles. The van der Waals surface area contributed by atoms with Crippen molar-refractivity contribution in [2.75, 3.05) is 0 Å². The number of hydrogen-bond acceptors (Lipinski definition) is 3. The molecule has 0 saturated heterocycles. The topological polar surface area (TPSA) is 86.6 Å². The number of carboxylic acids is 2. The van der Waals surface area contributed by atoms with E-state index < -0.39 is 23.8 Å². The van der Waals surface area contributed by atoms with Crippen LogP contribution in [-0.4, -0.2) is 28.2 Å². The number of rotatable bonds is 7. The van der Waals surface area contributed by atoms with Crippen molar-refractivity contribution in [1.82, 2.24) is 5.32 Å². The van der Waals surface area contributed by atoms with E-state index in [1.807, 2.05) is 0 Å². The minimum atomic E-state index is -1.45. The molecule has 1 aliphatic heterocycles. The number of carbonyl (C=O) groups is 2. The fraction of sp³-hybridized carbons (Fsp3) is 0.529. The molecule has 0 saturated carbocycles. The van der Waals surface area contributed by atoms with Crippen LogP contribution in [0.4, 0.5) is 0 Å². The van der Waals surface area contributed by atoms with Gasteiger partial charge in [0.2, 0.25) is 0 Å². The number of fused-ring (bicyclic) bond motifs is 1. The van der Waals surface area contributed by atoms with Gasteiger partial charge < -0.3 is 15.5 Å². The molecule has 0 radical (unpaired) electrons. The number of carboxylic acid groups (broad SMARTS) is 2. The Hall–Kier alpha value is -2.04. The molecule has 0 aromatic heterocycles. The molecule has 0 aromatic rings. The summed E-state index contributed by atoms with van der Waals surface area (Å²) in [5.41, 5.74) is 0.828. The van der Waals surface area contributed by atoms with Crippen molar-refractivity contribution in [1.29, 1.82) is 0 Å². The van der Waals surface area contributed by atoms with Gasteiger partial charge >= 0.3 is 11.9 Å². The molecule has 0 fully saturated rings. The first kappa shape index (κ1) is 16.3. The molecule has 2 aliphatic rings. The lowest BCUT2D eigenvalue weighted by Crippen LogP contribution is -2.36. The van der Waals surface area contributed by atoms with Gasteiger partial charge in [-0.05, 0) is 25.0 Å². The van der Waals surface area contributed by atoms with Gasteiger partial charge in [-0.2, -0.15) is 0 Å². The van der Waals surface area contributed by atoms with Crippen LogP contribution in [0.3, 0.4) is 0 Å². The van der Waals surface area contributed by atoms with E-state index in [1.165, 1.54) is 6.42 Å². The maximum atomic E-state index is 11.7. The van der Waals surface area contributed by atoms with Crippen LogP contribution in [0.25, 0.3) is 0 Å². The molecule has 2 unspecified atom stereocenters. The SMILES string of the molecule is CCCCCC1C=C2C=C(C)C(CC(=O)O)(C(=O)O)C=C2N1. The Morgan fingerprint density at radius 2 is 2.05 bits per heavy atom. The molecule has 0 amide bonds. The first-order chi connectivity index (χ1) is 10.4. The van der Waals surface area contributed by atoms with E-state index in [0.717, 1.165) is 30.5 Å². The van der Waals surface area contributed by atoms with Gasteiger partial charge in [-0.25, -0.2) is 0 Å². The van der Waals surface area contributed by atoms with Gasteiger partial charge in [-0.3, -0.25) is 9.59 Å². The molecule has 1 aliphatic carbocycles.